The minimum Gasteiger partial charge on any atom is -0.432 e. The lowest BCUT2D eigenvalue weighted by molar-refractivity contribution is 0.153. The molecule has 1 atom stereocenters. The summed E-state index contributed by atoms with van der Waals surface area (Å²) in [5.74, 6) is 2.49. The van der Waals surface area contributed by atoms with Gasteiger partial charge in [0.05, 0.1) is 29.1 Å². The third-order valence-electron chi connectivity index (χ3n) is 3.19. The Bertz CT molecular complexity index is 671. The number of thioether (sulfide) groups is 2. The van der Waals surface area contributed by atoms with Crippen molar-refractivity contribution in [1.82, 2.24) is 10.0 Å². The molecule has 2 heterocycles. The Kier molecular flexibility index (Phi) is 11.0. The molecule has 2 rings (SSSR count). The molecule has 0 aliphatic carbocycles. The summed E-state index contributed by atoms with van der Waals surface area (Å²) in [6, 6.07) is 3.76. The summed E-state index contributed by atoms with van der Waals surface area (Å²) in [7, 11) is 0. The van der Waals surface area contributed by atoms with Gasteiger partial charge in [-0.05, 0) is 61.1 Å². The van der Waals surface area contributed by atoms with Crippen LogP contribution in [0.25, 0.3) is 0 Å². The number of nitrogens with one attached hydrogen (secondary N) is 2. The fourth-order valence-corrected chi connectivity index (χ4v) is 8.97. The van der Waals surface area contributed by atoms with Crippen LogP contribution in [0.1, 0.15) is 20.3 Å². The van der Waals surface area contributed by atoms with Crippen molar-refractivity contribution in [3.8, 4) is 5.06 Å². The first-order valence-electron chi connectivity index (χ1n) is 8.53. The van der Waals surface area contributed by atoms with Gasteiger partial charge < -0.3 is 14.4 Å². The normalized spacial score (nSPS) is 18.5. The molecule has 28 heavy (non-hydrogen) atoms. The van der Waals surface area contributed by atoms with Gasteiger partial charge in [0.15, 0.2) is 5.06 Å². The fraction of sp³-hybridized carbons (Fsp3) is 0.600. The second kappa shape index (κ2) is 12.7. The molecular weight excluding hydrogens is 477 g/mol. The van der Waals surface area contributed by atoms with Gasteiger partial charge in [0.1, 0.15) is 0 Å². The number of oxime groups is 1. The Morgan fingerprint density at radius 1 is 1.50 bits per heavy atom. The molecule has 13 heteroatoms. The number of carbonyl (C=O) groups excluding carboxylic acids is 1. The van der Waals surface area contributed by atoms with Crippen LogP contribution in [0.3, 0.4) is 0 Å². The fourth-order valence-electron chi connectivity index (χ4n) is 1.95. The van der Waals surface area contributed by atoms with Gasteiger partial charge >= 0.3 is 6.09 Å². The van der Waals surface area contributed by atoms with Crippen molar-refractivity contribution >= 4 is 77.4 Å². The van der Waals surface area contributed by atoms with Crippen LogP contribution in [0.4, 0.5) is 4.79 Å². The number of hydrogen-bond acceptors (Lipinski definition) is 11. The first-order chi connectivity index (χ1) is 13.4. The standard InChI is InChI=1S/C15H24N3O4PS5/c1-3-20-23(24,22-13-6-4-7-25-13)11-18-28-12-16-14(19)21-17-10-15(2)26-8-5-9-27-15/h4,6-7,10,18H,3,5,8-9,11-12H2,1-2H3,(H,16,19). The number of rotatable bonds is 11. The second-order valence-corrected chi connectivity index (χ2v) is 14.3. The quantitative estimate of drug-likeness (QED) is 0.0835. The van der Waals surface area contributed by atoms with Crippen molar-refractivity contribution in [3.63, 3.8) is 0 Å². The molecule has 1 fully saturated rings. The van der Waals surface area contributed by atoms with E-state index in [-0.39, 0.29) is 4.08 Å². The maximum Gasteiger partial charge on any atom is 0.434 e. The highest BCUT2D eigenvalue weighted by atomic mass is 32.5. The number of nitrogens with zero attached hydrogens (tertiary/aromatic N) is 1. The van der Waals surface area contributed by atoms with Crippen molar-refractivity contribution in [2.45, 2.75) is 24.3 Å². The van der Waals surface area contributed by atoms with E-state index in [4.69, 9.17) is 25.7 Å². The third-order valence-corrected chi connectivity index (χ3v) is 10.6. The van der Waals surface area contributed by atoms with E-state index in [2.05, 4.69) is 22.1 Å². The maximum atomic E-state index is 11.7. The molecule has 1 saturated heterocycles. The molecule has 2 N–H and O–H groups in total. The Hall–Kier alpha value is 0.0600. The van der Waals surface area contributed by atoms with Crippen LogP contribution in [-0.4, -0.2) is 46.7 Å². The Morgan fingerprint density at radius 2 is 2.29 bits per heavy atom. The summed E-state index contributed by atoms with van der Waals surface area (Å²) < 4.78 is 14.5. The molecule has 1 aromatic heterocycles. The van der Waals surface area contributed by atoms with Crippen molar-refractivity contribution in [1.29, 1.82) is 0 Å². The van der Waals surface area contributed by atoms with Gasteiger partial charge in [-0.2, -0.15) is 0 Å². The van der Waals surface area contributed by atoms with Crippen LogP contribution < -0.4 is 14.6 Å². The highest BCUT2D eigenvalue weighted by Gasteiger charge is 2.26. The van der Waals surface area contributed by atoms with Gasteiger partial charge in [-0.1, -0.05) is 17.1 Å². The second-order valence-electron chi connectivity index (χ2n) is 5.50. The van der Waals surface area contributed by atoms with E-state index in [1.54, 1.807) is 29.7 Å². The average Bonchev–Trinajstić information content (AvgIpc) is 3.14. The Morgan fingerprint density at radius 3 is 2.96 bits per heavy atom. The summed E-state index contributed by atoms with van der Waals surface area (Å²) >= 11 is 11.9. The van der Waals surface area contributed by atoms with Crippen molar-refractivity contribution in [2.24, 2.45) is 5.16 Å². The smallest absolute Gasteiger partial charge is 0.432 e. The summed E-state index contributed by atoms with van der Waals surface area (Å²) in [4.78, 5) is 16.6. The molecule has 1 aliphatic rings. The van der Waals surface area contributed by atoms with Gasteiger partial charge in [0.25, 0.3) is 6.49 Å². The van der Waals surface area contributed by atoms with Gasteiger partial charge in [0, 0.05) is 0 Å². The molecule has 1 aliphatic heterocycles. The van der Waals surface area contributed by atoms with Gasteiger partial charge in [-0.25, -0.2) is 4.79 Å². The minimum absolute atomic E-state index is 0.132. The SMILES string of the molecule is CCOP(=S)(CNSCNC(=O)ON=CC1(C)SCCCS1)Oc1cccs1. The number of amides is 1. The summed E-state index contributed by atoms with van der Waals surface area (Å²) in [5, 5.41) is 9.09. The van der Waals surface area contributed by atoms with E-state index in [1.165, 1.54) is 29.7 Å². The highest BCUT2D eigenvalue weighted by molar-refractivity contribution is 8.19. The first-order valence-corrected chi connectivity index (χ1v) is 15.2. The Labute approximate surface area is 187 Å². The molecule has 1 aromatic rings. The van der Waals surface area contributed by atoms with E-state index in [0.29, 0.717) is 18.8 Å². The summed E-state index contributed by atoms with van der Waals surface area (Å²) in [6.45, 7) is 1.97. The predicted molar refractivity (Wildman–Crippen MR) is 127 cm³/mol. The minimum atomic E-state index is -2.47. The zero-order chi connectivity index (χ0) is 20.3. The molecular formula is C15H24N3O4PS5. The Balaban J connectivity index is 1.62. The molecule has 0 aromatic carbocycles. The summed E-state index contributed by atoms with van der Waals surface area (Å²) in [6.07, 6.45) is 2.66. The lowest BCUT2D eigenvalue weighted by Gasteiger charge is -2.27. The monoisotopic (exact) mass is 501 g/mol. The van der Waals surface area contributed by atoms with E-state index in [0.717, 1.165) is 16.6 Å². The lowest BCUT2D eigenvalue weighted by atomic mass is 10.5. The third kappa shape index (κ3) is 9.25. The molecule has 1 unspecified atom stereocenters. The van der Waals surface area contributed by atoms with Crippen LogP contribution in [0.2, 0.25) is 0 Å². The highest BCUT2D eigenvalue weighted by Crippen LogP contribution is 2.49. The van der Waals surface area contributed by atoms with Crippen LogP contribution in [-0.2, 0) is 21.2 Å². The summed E-state index contributed by atoms with van der Waals surface area (Å²) in [5.41, 5.74) is 0. The first kappa shape index (κ1) is 24.3. The number of thiophene rings is 1. The van der Waals surface area contributed by atoms with Crippen molar-refractivity contribution in [3.05, 3.63) is 17.5 Å². The molecule has 158 valence electrons. The van der Waals surface area contributed by atoms with E-state index >= 15 is 0 Å². The van der Waals surface area contributed by atoms with Gasteiger partial charge in [-0.15, -0.1) is 34.9 Å². The lowest BCUT2D eigenvalue weighted by Crippen LogP contribution is -2.26. The largest absolute Gasteiger partial charge is 0.434 e. The molecule has 0 bridgehead atoms. The van der Waals surface area contributed by atoms with Crippen LogP contribution in [0, 0.1) is 0 Å². The van der Waals surface area contributed by atoms with Crippen LogP contribution >= 0.6 is 53.3 Å². The van der Waals surface area contributed by atoms with Crippen molar-refractivity contribution < 1.29 is 18.7 Å². The molecule has 0 radical (unpaired) electrons. The zero-order valence-corrected chi connectivity index (χ0v) is 20.6. The number of carbonyl (C=O) groups is 1. The van der Waals surface area contributed by atoms with Crippen molar-refractivity contribution in [2.75, 3.05) is 30.3 Å². The number of hydrogen-bond donors (Lipinski definition) is 2. The maximum absolute atomic E-state index is 11.7. The van der Waals surface area contributed by atoms with Crippen LogP contribution in [0.5, 0.6) is 5.06 Å². The zero-order valence-electron chi connectivity index (χ0n) is 15.6. The van der Waals surface area contributed by atoms with E-state index < -0.39 is 12.6 Å². The van der Waals surface area contributed by atoms with E-state index in [1.807, 2.05) is 24.4 Å². The molecule has 1 amide bonds. The van der Waals surface area contributed by atoms with Crippen LogP contribution in [0.15, 0.2) is 22.7 Å². The van der Waals surface area contributed by atoms with Gasteiger partial charge in [-0.3, -0.25) is 9.56 Å². The van der Waals surface area contributed by atoms with Gasteiger partial charge in [0.2, 0.25) is 0 Å². The molecule has 0 spiro atoms. The molecule has 7 nitrogen and oxygen atoms in total. The average molecular weight is 502 g/mol. The topological polar surface area (TPSA) is 81.2 Å². The predicted octanol–water partition coefficient (Wildman–Crippen LogP) is 4.92. The van der Waals surface area contributed by atoms with E-state index in [9.17, 15) is 4.79 Å². The molecule has 0 saturated carbocycles.